The van der Waals surface area contributed by atoms with E-state index in [1.165, 1.54) is 5.56 Å². The van der Waals surface area contributed by atoms with E-state index in [-0.39, 0.29) is 11.9 Å². The lowest BCUT2D eigenvalue weighted by Gasteiger charge is -2.37. The zero-order valence-electron chi connectivity index (χ0n) is 13.1. The van der Waals surface area contributed by atoms with Gasteiger partial charge in [-0.15, -0.1) is 11.8 Å². The number of hydrogen-bond acceptors (Lipinski definition) is 3. The molecule has 0 fully saturated rings. The SMILES string of the molecule is O=C(Cn1ccnc1)N1c2ccccc2SC[C@H]1c1ccccc1. The molecule has 0 unspecified atom stereocenters. The molecule has 1 aromatic heterocycles. The predicted molar refractivity (Wildman–Crippen MR) is 96.1 cm³/mol. The largest absolute Gasteiger partial charge is 0.328 e. The molecule has 2 heterocycles. The van der Waals surface area contributed by atoms with Gasteiger partial charge in [0.1, 0.15) is 6.54 Å². The van der Waals surface area contributed by atoms with Crippen molar-refractivity contribution in [1.82, 2.24) is 9.55 Å². The molecule has 120 valence electrons. The molecule has 0 N–H and O–H groups in total. The first-order valence-corrected chi connectivity index (χ1v) is 8.86. The highest BCUT2D eigenvalue weighted by Crippen LogP contribution is 2.43. The number of para-hydroxylation sites is 1. The van der Waals surface area contributed by atoms with Crippen molar-refractivity contribution in [2.75, 3.05) is 10.7 Å². The van der Waals surface area contributed by atoms with Crippen molar-refractivity contribution in [2.45, 2.75) is 17.5 Å². The second kappa shape index (κ2) is 6.53. The minimum atomic E-state index is 0.0436. The Morgan fingerprint density at radius 2 is 1.92 bits per heavy atom. The summed E-state index contributed by atoms with van der Waals surface area (Å²) >= 11 is 1.81. The Morgan fingerprint density at radius 1 is 1.12 bits per heavy atom. The van der Waals surface area contributed by atoms with Crippen LogP contribution in [0.3, 0.4) is 0 Å². The molecule has 1 amide bonds. The Bertz CT molecular complexity index is 833. The smallest absolute Gasteiger partial charge is 0.247 e. The van der Waals surface area contributed by atoms with Gasteiger partial charge in [-0.2, -0.15) is 0 Å². The summed E-state index contributed by atoms with van der Waals surface area (Å²) in [5, 5.41) is 0. The molecular formula is C19H17N3OS. The van der Waals surface area contributed by atoms with E-state index < -0.39 is 0 Å². The van der Waals surface area contributed by atoms with Gasteiger partial charge >= 0.3 is 0 Å². The maximum Gasteiger partial charge on any atom is 0.247 e. The van der Waals surface area contributed by atoms with E-state index in [1.807, 2.05) is 63.8 Å². The van der Waals surface area contributed by atoms with Crippen LogP contribution in [0.25, 0.3) is 0 Å². The highest BCUT2D eigenvalue weighted by molar-refractivity contribution is 7.99. The van der Waals surface area contributed by atoms with Gasteiger partial charge in [0, 0.05) is 23.0 Å². The standard InChI is InChI=1S/C19H17N3OS/c23-19(12-21-11-10-20-14-21)22-16-8-4-5-9-18(16)24-13-17(22)15-6-2-1-3-7-15/h1-11,14,17H,12-13H2/t17-/m0/s1. The molecule has 0 spiro atoms. The number of anilines is 1. The Morgan fingerprint density at radius 3 is 2.71 bits per heavy atom. The predicted octanol–water partition coefficient (Wildman–Crippen LogP) is 3.76. The lowest BCUT2D eigenvalue weighted by Crippen LogP contribution is -2.40. The van der Waals surface area contributed by atoms with E-state index in [4.69, 9.17) is 0 Å². The molecule has 2 aromatic carbocycles. The fraction of sp³-hybridized carbons (Fsp3) is 0.158. The van der Waals surface area contributed by atoms with Crippen LogP contribution in [0.1, 0.15) is 11.6 Å². The number of amides is 1. The zero-order chi connectivity index (χ0) is 16.4. The number of aromatic nitrogens is 2. The van der Waals surface area contributed by atoms with Crippen LogP contribution in [-0.2, 0) is 11.3 Å². The molecule has 0 bridgehead atoms. The van der Waals surface area contributed by atoms with Gasteiger partial charge in [0.2, 0.25) is 5.91 Å². The molecule has 0 saturated heterocycles. The van der Waals surface area contributed by atoms with E-state index in [0.29, 0.717) is 6.54 Å². The van der Waals surface area contributed by atoms with Crippen molar-refractivity contribution in [3.05, 3.63) is 78.9 Å². The second-order valence-corrected chi connectivity index (χ2v) is 6.77. The van der Waals surface area contributed by atoms with Crippen LogP contribution in [0.4, 0.5) is 5.69 Å². The molecule has 0 saturated carbocycles. The average Bonchev–Trinajstić information content (AvgIpc) is 3.14. The van der Waals surface area contributed by atoms with E-state index in [0.717, 1.165) is 16.3 Å². The summed E-state index contributed by atoms with van der Waals surface area (Å²) in [5.41, 5.74) is 2.16. The third kappa shape index (κ3) is 2.83. The van der Waals surface area contributed by atoms with Crippen molar-refractivity contribution >= 4 is 23.4 Å². The van der Waals surface area contributed by atoms with Crippen molar-refractivity contribution < 1.29 is 4.79 Å². The van der Waals surface area contributed by atoms with Gasteiger partial charge in [0.25, 0.3) is 0 Å². The van der Waals surface area contributed by atoms with Crippen LogP contribution < -0.4 is 4.90 Å². The monoisotopic (exact) mass is 335 g/mol. The Kier molecular flexibility index (Phi) is 4.09. The third-order valence-corrected chi connectivity index (χ3v) is 5.30. The summed E-state index contributed by atoms with van der Waals surface area (Å²) in [4.78, 5) is 20.2. The molecule has 1 aliphatic rings. The lowest BCUT2D eigenvalue weighted by atomic mass is 10.1. The number of carbonyl (C=O) groups is 1. The summed E-state index contributed by atoms with van der Waals surface area (Å²) in [6.07, 6.45) is 5.20. The van der Waals surface area contributed by atoms with Crippen LogP contribution in [0.15, 0.2) is 78.2 Å². The van der Waals surface area contributed by atoms with Crippen LogP contribution in [0, 0.1) is 0 Å². The fourth-order valence-corrected chi connectivity index (χ4v) is 4.20. The minimum absolute atomic E-state index is 0.0436. The number of fused-ring (bicyclic) bond motifs is 1. The summed E-state index contributed by atoms with van der Waals surface area (Å²) in [6, 6.07) is 18.4. The number of imidazole rings is 1. The van der Waals surface area contributed by atoms with Gasteiger partial charge < -0.3 is 9.47 Å². The van der Waals surface area contributed by atoms with E-state index in [1.54, 1.807) is 12.5 Å². The molecule has 3 aromatic rings. The van der Waals surface area contributed by atoms with Crippen molar-refractivity contribution in [1.29, 1.82) is 0 Å². The minimum Gasteiger partial charge on any atom is -0.328 e. The van der Waals surface area contributed by atoms with Gasteiger partial charge in [0.15, 0.2) is 0 Å². The van der Waals surface area contributed by atoms with Crippen LogP contribution >= 0.6 is 11.8 Å². The number of nitrogens with zero attached hydrogens (tertiary/aromatic N) is 3. The molecule has 1 aliphatic heterocycles. The Hall–Kier alpha value is -2.53. The third-order valence-electron chi connectivity index (χ3n) is 4.16. The number of rotatable bonds is 3. The number of thioether (sulfide) groups is 1. The molecule has 24 heavy (non-hydrogen) atoms. The van der Waals surface area contributed by atoms with Crippen molar-refractivity contribution in [2.24, 2.45) is 0 Å². The maximum atomic E-state index is 13.1. The maximum absolute atomic E-state index is 13.1. The molecule has 1 atom stereocenters. The molecule has 4 nitrogen and oxygen atoms in total. The van der Waals surface area contributed by atoms with Gasteiger partial charge in [-0.05, 0) is 17.7 Å². The number of carbonyl (C=O) groups excluding carboxylic acids is 1. The van der Waals surface area contributed by atoms with E-state index in [9.17, 15) is 4.79 Å². The average molecular weight is 335 g/mol. The second-order valence-electron chi connectivity index (χ2n) is 5.70. The molecule has 0 aliphatic carbocycles. The molecular weight excluding hydrogens is 318 g/mol. The Labute approximate surface area is 145 Å². The quantitative estimate of drug-likeness (QED) is 0.731. The van der Waals surface area contributed by atoms with E-state index in [2.05, 4.69) is 23.2 Å². The van der Waals surface area contributed by atoms with Crippen LogP contribution in [0.2, 0.25) is 0 Å². The first kappa shape index (κ1) is 15.0. The summed E-state index contributed by atoms with van der Waals surface area (Å²) < 4.78 is 1.81. The normalized spacial score (nSPS) is 16.7. The van der Waals surface area contributed by atoms with Gasteiger partial charge in [-0.1, -0.05) is 42.5 Å². The van der Waals surface area contributed by atoms with Gasteiger partial charge in [-0.3, -0.25) is 4.79 Å². The van der Waals surface area contributed by atoms with Crippen LogP contribution in [0.5, 0.6) is 0 Å². The van der Waals surface area contributed by atoms with Gasteiger partial charge in [0.05, 0.1) is 18.1 Å². The van der Waals surface area contributed by atoms with Crippen molar-refractivity contribution in [3.8, 4) is 0 Å². The highest BCUT2D eigenvalue weighted by Gasteiger charge is 2.32. The molecule has 0 radical (unpaired) electrons. The number of benzene rings is 2. The molecule has 5 heteroatoms. The highest BCUT2D eigenvalue weighted by atomic mass is 32.2. The van der Waals surface area contributed by atoms with E-state index >= 15 is 0 Å². The van der Waals surface area contributed by atoms with Gasteiger partial charge in [-0.25, -0.2) is 4.98 Å². The lowest BCUT2D eigenvalue weighted by molar-refractivity contribution is -0.119. The summed E-state index contributed by atoms with van der Waals surface area (Å²) in [7, 11) is 0. The van der Waals surface area contributed by atoms with Crippen LogP contribution in [-0.4, -0.2) is 21.2 Å². The number of hydrogen-bond donors (Lipinski definition) is 0. The zero-order valence-corrected chi connectivity index (χ0v) is 13.9. The summed E-state index contributed by atoms with van der Waals surface area (Å²) in [6.45, 7) is 0.294. The topological polar surface area (TPSA) is 38.1 Å². The fourth-order valence-electron chi connectivity index (χ4n) is 3.03. The van der Waals surface area contributed by atoms with Crippen molar-refractivity contribution in [3.63, 3.8) is 0 Å². The first-order valence-electron chi connectivity index (χ1n) is 7.87. The first-order chi connectivity index (χ1) is 11.8. The Balaban J connectivity index is 1.73. The molecule has 4 rings (SSSR count). The summed E-state index contributed by atoms with van der Waals surface area (Å²) in [5.74, 6) is 0.936.